The van der Waals surface area contributed by atoms with E-state index in [1.54, 1.807) is 49.1 Å². The first kappa shape index (κ1) is 55.7. The van der Waals surface area contributed by atoms with Crippen molar-refractivity contribution in [2.75, 3.05) is 26.4 Å². The maximum absolute atomic E-state index is 10.1. The fourth-order valence-electron chi connectivity index (χ4n) is 9.75. The van der Waals surface area contributed by atoms with Crippen LogP contribution in [0.4, 0.5) is 0 Å². The Hall–Kier alpha value is -9.06. The van der Waals surface area contributed by atoms with Gasteiger partial charge in [-0.2, -0.15) is 10.5 Å². The van der Waals surface area contributed by atoms with Crippen molar-refractivity contribution in [1.29, 1.82) is 10.5 Å². The second kappa shape index (κ2) is 26.1. The number of ether oxygens (including phenoxy) is 4. The highest BCUT2D eigenvalue weighted by Gasteiger charge is 2.27. The summed E-state index contributed by atoms with van der Waals surface area (Å²) in [4.78, 5) is 12.9. The van der Waals surface area contributed by atoms with Crippen LogP contribution < -0.4 is 24.3 Å². The van der Waals surface area contributed by atoms with Gasteiger partial charge in [-0.15, -0.1) is 0 Å². The number of fused-ring (bicyclic) bond motifs is 2. The van der Waals surface area contributed by atoms with E-state index in [1.807, 2.05) is 114 Å². The molecule has 0 saturated heterocycles. The van der Waals surface area contributed by atoms with E-state index in [9.17, 15) is 15.6 Å². The molecule has 0 fully saturated rings. The molecule has 0 saturated carbocycles. The average molecular weight is 1070 g/mol. The zero-order chi connectivity index (χ0) is 56.1. The molecular weight excluding hydrogens is 1010 g/mol. The number of benzene rings is 5. The molecule has 0 bridgehead atoms. The van der Waals surface area contributed by atoms with Gasteiger partial charge in [0.25, 0.3) is 0 Å². The average Bonchev–Trinajstić information content (AvgIpc) is 4.36. The van der Waals surface area contributed by atoms with Crippen LogP contribution in [-0.2, 0) is 12.8 Å². The molecule has 80 heavy (non-hydrogen) atoms. The Bertz CT molecular complexity index is 3630. The zero-order valence-electron chi connectivity index (χ0n) is 45.6. The Balaban J connectivity index is 0.000000146. The lowest BCUT2D eigenvalue weighted by Crippen LogP contribution is -2.22. The topological polar surface area (TPSA) is 228 Å². The van der Waals surface area contributed by atoms with E-state index in [0.29, 0.717) is 77.2 Å². The lowest BCUT2D eigenvalue weighted by atomic mass is 10.0. The Morgan fingerprint density at radius 2 is 1.18 bits per heavy atom. The van der Waals surface area contributed by atoms with E-state index < -0.39 is 6.10 Å². The standard InChI is InChI=1S/C24H25N3O3.C22H20N2O3.C18H18N2O3/c1-15(2)29-22-9-6-16(12-17(22)13-25)24-27-14-23(30-24)20-5-3-4-19-18(20)7-8-21(19)26-10-11-28;1-13(2)26-20-9-6-14(10-15(20)11-23)22-24-12-21(27-22)18-5-3-4-17-16(18)7-8-19(17)25;1-3-21-16-6-5-14(11-18(16)22-4-2)17-12-15(20-23-17)13-7-9-19-10-8-13/h3-6,9,12,14-15,21,26,28H,7-8,10-11H2,1-2H3;3-6,9-10,12-13,19,25H,7-8H2,1-2H3;5-12H,3-4H2,1-2H3. The van der Waals surface area contributed by atoms with Crippen LogP contribution in [0.15, 0.2) is 147 Å². The summed E-state index contributed by atoms with van der Waals surface area (Å²) in [6.45, 7) is 13.5. The fourth-order valence-corrected chi connectivity index (χ4v) is 9.75. The van der Waals surface area contributed by atoms with Gasteiger partial charge in [0, 0.05) is 64.4 Å². The maximum Gasteiger partial charge on any atom is 0.226 e. The normalized spacial score (nSPS) is 14.0. The van der Waals surface area contributed by atoms with Crippen molar-refractivity contribution in [2.45, 2.75) is 91.6 Å². The smallest absolute Gasteiger partial charge is 0.226 e. The molecule has 2 atom stereocenters. The number of aromatic nitrogens is 4. The van der Waals surface area contributed by atoms with Crippen LogP contribution in [0, 0.1) is 22.7 Å². The highest BCUT2D eigenvalue weighted by Crippen LogP contribution is 2.41. The SMILES string of the molecule is CC(C)Oc1ccc(-c2ncc(-c3cccc4c3CCC4NCCO)o2)cc1C#N.CC(C)Oc1ccc(-c2ncc(-c3cccc4c3CCC4O)o2)cc1C#N.CCOc1ccc(-c2cc(-c3ccncc3)no2)cc1OCC. The van der Waals surface area contributed by atoms with Gasteiger partial charge in [-0.3, -0.25) is 4.98 Å². The molecule has 9 aromatic rings. The monoisotopic (exact) mass is 1070 g/mol. The summed E-state index contributed by atoms with van der Waals surface area (Å²) in [5.41, 5.74) is 11.6. The largest absolute Gasteiger partial charge is 0.490 e. The third-order valence-electron chi connectivity index (χ3n) is 13.3. The van der Waals surface area contributed by atoms with Gasteiger partial charge in [0.05, 0.1) is 61.7 Å². The number of nitrogens with zero attached hydrogens (tertiary/aromatic N) is 6. The lowest BCUT2D eigenvalue weighted by molar-refractivity contribution is 0.180. The molecule has 4 aromatic heterocycles. The zero-order valence-corrected chi connectivity index (χ0v) is 45.6. The van der Waals surface area contributed by atoms with Gasteiger partial charge in [-0.25, -0.2) is 9.97 Å². The van der Waals surface area contributed by atoms with Gasteiger partial charge < -0.3 is 47.8 Å². The molecule has 3 N–H and O–H groups in total. The fraction of sp³-hybridized carbons (Fsp3) is 0.281. The number of aliphatic hydroxyl groups is 2. The summed E-state index contributed by atoms with van der Waals surface area (Å²) < 4.78 is 40.1. The number of rotatable bonds is 17. The van der Waals surface area contributed by atoms with Crippen molar-refractivity contribution in [2.24, 2.45) is 0 Å². The highest BCUT2D eigenvalue weighted by atomic mass is 16.5. The molecule has 2 aliphatic carbocycles. The predicted molar refractivity (Wildman–Crippen MR) is 303 cm³/mol. The van der Waals surface area contributed by atoms with Gasteiger partial charge in [-0.05, 0) is 156 Å². The highest BCUT2D eigenvalue weighted by molar-refractivity contribution is 5.71. The van der Waals surface area contributed by atoms with E-state index in [2.05, 4.69) is 49.7 Å². The van der Waals surface area contributed by atoms with Crippen molar-refractivity contribution in [3.05, 3.63) is 167 Å². The van der Waals surface area contributed by atoms with Gasteiger partial charge in [-0.1, -0.05) is 41.6 Å². The molecule has 2 aliphatic rings. The summed E-state index contributed by atoms with van der Waals surface area (Å²) >= 11 is 0. The van der Waals surface area contributed by atoms with Crippen LogP contribution in [0.2, 0.25) is 0 Å². The van der Waals surface area contributed by atoms with Gasteiger partial charge >= 0.3 is 0 Å². The summed E-state index contributed by atoms with van der Waals surface area (Å²) in [5, 5.41) is 45.6. The molecule has 16 nitrogen and oxygen atoms in total. The Morgan fingerprint density at radius 3 is 1.75 bits per heavy atom. The Labute approximate surface area is 465 Å². The van der Waals surface area contributed by atoms with Gasteiger partial charge in [0.15, 0.2) is 28.8 Å². The molecule has 5 aromatic carbocycles. The van der Waals surface area contributed by atoms with Crippen LogP contribution in [0.25, 0.3) is 68.1 Å². The van der Waals surface area contributed by atoms with Crippen LogP contribution in [0.1, 0.15) is 99.9 Å². The third kappa shape index (κ3) is 12.9. The van der Waals surface area contributed by atoms with E-state index in [0.717, 1.165) is 81.6 Å². The molecule has 2 unspecified atom stereocenters. The molecule has 11 rings (SSSR count). The van der Waals surface area contributed by atoms with Crippen molar-refractivity contribution in [3.63, 3.8) is 0 Å². The number of nitriles is 2. The van der Waals surface area contributed by atoms with Crippen LogP contribution in [-0.4, -0.2) is 68.9 Å². The maximum atomic E-state index is 10.1. The van der Waals surface area contributed by atoms with E-state index in [1.165, 1.54) is 11.1 Å². The number of oxazole rings is 2. The van der Waals surface area contributed by atoms with Crippen LogP contribution in [0.3, 0.4) is 0 Å². The quantitative estimate of drug-likeness (QED) is 0.0770. The van der Waals surface area contributed by atoms with Crippen molar-refractivity contribution in [1.82, 2.24) is 25.4 Å². The summed E-state index contributed by atoms with van der Waals surface area (Å²) in [7, 11) is 0. The number of aliphatic hydroxyl groups excluding tert-OH is 2. The molecule has 408 valence electrons. The van der Waals surface area contributed by atoms with Crippen molar-refractivity contribution in [3.8, 4) is 103 Å². The Morgan fingerprint density at radius 1 is 0.625 bits per heavy atom. The molecule has 16 heteroatoms. The number of hydrogen-bond donors (Lipinski definition) is 3. The molecule has 0 amide bonds. The third-order valence-corrected chi connectivity index (χ3v) is 13.3. The molecule has 4 heterocycles. The first-order chi connectivity index (χ1) is 39.0. The molecule has 0 spiro atoms. The van der Waals surface area contributed by atoms with Crippen molar-refractivity contribution < 1.29 is 42.5 Å². The number of pyridine rings is 1. The molecular formula is C64H63N7O9. The van der Waals surface area contributed by atoms with Gasteiger partial charge in [0.1, 0.15) is 29.3 Å². The van der Waals surface area contributed by atoms with E-state index in [-0.39, 0.29) is 24.9 Å². The molecule has 0 radical (unpaired) electrons. The summed E-state index contributed by atoms with van der Waals surface area (Å²) in [6.07, 6.45) is 9.97. The van der Waals surface area contributed by atoms with Gasteiger partial charge in [0.2, 0.25) is 11.8 Å². The summed E-state index contributed by atoms with van der Waals surface area (Å²) in [6, 6.07) is 38.8. The summed E-state index contributed by atoms with van der Waals surface area (Å²) in [5.74, 6) is 5.53. The van der Waals surface area contributed by atoms with E-state index >= 15 is 0 Å². The first-order valence-electron chi connectivity index (χ1n) is 26.9. The second-order valence-corrected chi connectivity index (χ2v) is 19.4. The second-order valence-electron chi connectivity index (χ2n) is 19.4. The molecule has 0 aliphatic heterocycles. The minimum Gasteiger partial charge on any atom is -0.490 e. The first-order valence-corrected chi connectivity index (χ1v) is 26.9. The minimum atomic E-state index is -0.408. The van der Waals surface area contributed by atoms with Crippen LogP contribution in [0.5, 0.6) is 23.0 Å². The van der Waals surface area contributed by atoms with Crippen molar-refractivity contribution >= 4 is 0 Å². The van der Waals surface area contributed by atoms with Crippen LogP contribution >= 0.6 is 0 Å². The number of hydrogen-bond acceptors (Lipinski definition) is 16. The lowest BCUT2D eigenvalue weighted by Gasteiger charge is -2.13. The predicted octanol–water partition coefficient (Wildman–Crippen LogP) is 13.1. The van der Waals surface area contributed by atoms with E-state index in [4.69, 9.17) is 37.4 Å². The Kier molecular flexibility index (Phi) is 18.1. The minimum absolute atomic E-state index is 0.00726. The number of nitrogens with one attached hydrogen (secondary N) is 1.